The van der Waals surface area contributed by atoms with Crippen LogP contribution in [-0.4, -0.2) is 35.4 Å². The number of rotatable bonds is 8. The highest BCUT2D eigenvalue weighted by Crippen LogP contribution is 2.22. The van der Waals surface area contributed by atoms with Gasteiger partial charge in [-0.25, -0.2) is 0 Å². The summed E-state index contributed by atoms with van der Waals surface area (Å²) < 4.78 is 5.85. The molecule has 3 rings (SSSR count). The Balaban J connectivity index is 1.72. The maximum Gasteiger partial charge on any atom is 0.261 e. The lowest BCUT2D eigenvalue weighted by molar-refractivity contribution is -0.142. The van der Waals surface area contributed by atoms with Crippen molar-refractivity contribution in [3.63, 3.8) is 0 Å². The zero-order valence-corrected chi connectivity index (χ0v) is 20.0. The summed E-state index contributed by atoms with van der Waals surface area (Å²) in [7, 11) is 0. The van der Waals surface area contributed by atoms with E-state index in [1.54, 1.807) is 24.0 Å². The fourth-order valence-electron chi connectivity index (χ4n) is 4.04. The van der Waals surface area contributed by atoms with Crippen LogP contribution in [0.4, 0.5) is 0 Å². The molecule has 1 fully saturated rings. The van der Waals surface area contributed by atoms with Crippen molar-refractivity contribution in [2.24, 2.45) is 0 Å². The average molecular weight is 457 g/mol. The summed E-state index contributed by atoms with van der Waals surface area (Å²) in [5.41, 5.74) is 3.02. The summed E-state index contributed by atoms with van der Waals surface area (Å²) in [6.07, 6.45) is 5.49. The van der Waals surface area contributed by atoms with Crippen LogP contribution in [0, 0.1) is 13.8 Å². The molecule has 2 amide bonds. The number of carbonyl (C=O) groups is 2. The monoisotopic (exact) mass is 456 g/mol. The zero-order valence-electron chi connectivity index (χ0n) is 19.2. The third kappa shape index (κ3) is 6.49. The maximum absolute atomic E-state index is 13.2. The zero-order chi connectivity index (χ0) is 23.1. The summed E-state index contributed by atoms with van der Waals surface area (Å²) >= 11 is 6.01. The molecule has 2 aromatic carbocycles. The Morgan fingerprint density at radius 2 is 1.78 bits per heavy atom. The highest BCUT2D eigenvalue weighted by atomic mass is 35.5. The minimum Gasteiger partial charge on any atom is -0.483 e. The quantitative estimate of drug-likeness (QED) is 0.593. The molecule has 6 heteroatoms. The van der Waals surface area contributed by atoms with Crippen LogP contribution in [0.1, 0.15) is 55.7 Å². The van der Waals surface area contributed by atoms with E-state index in [-0.39, 0.29) is 24.5 Å². The topological polar surface area (TPSA) is 58.6 Å². The largest absolute Gasteiger partial charge is 0.483 e. The van der Waals surface area contributed by atoms with E-state index in [4.69, 9.17) is 16.3 Å². The Hall–Kier alpha value is -2.53. The predicted molar refractivity (Wildman–Crippen MR) is 128 cm³/mol. The number of benzene rings is 2. The van der Waals surface area contributed by atoms with E-state index >= 15 is 0 Å². The van der Waals surface area contributed by atoms with Crippen molar-refractivity contribution in [3.05, 3.63) is 64.2 Å². The molecule has 1 aliphatic carbocycles. The second-order valence-electron chi connectivity index (χ2n) is 8.65. The van der Waals surface area contributed by atoms with Gasteiger partial charge in [0.25, 0.3) is 5.91 Å². The lowest BCUT2D eigenvalue weighted by Gasteiger charge is -2.31. The van der Waals surface area contributed by atoms with Crippen molar-refractivity contribution in [1.82, 2.24) is 10.2 Å². The molecule has 0 spiro atoms. The number of hydrogen-bond acceptors (Lipinski definition) is 3. The molecular formula is C26H33ClN2O3. The van der Waals surface area contributed by atoms with Gasteiger partial charge in [0.1, 0.15) is 11.8 Å². The number of aryl methyl sites for hydroxylation is 1. The molecule has 1 N–H and O–H groups in total. The Morgan fingerprint density at radius 1 is 1.09 bits per heavy atom. The molecule has 1 atom stereocenters. The summed E-state index contributed by atoms with van der Waals surface area (Å²) in [4.78, 5) is 27.8. The van der Waals surface area contributed by atoms with E-state index in [1.165, 1.54) is 6.42 Å². The predicted octanol–water partition coefficient (Wildman–Crippen LogP) is 5.20. The lowest BCUT2D eigenvalue weighted by Crippen LogP contribution is -2.51. The SMILES string of the molecule is Cc1cccc(OCC(=O)N(Cc2ccc(Cl)cc2)[C@@H](C)C(=O)NC2CCCCC2)c1C. The van der Waals surface area contributed by atoms with Crippen LogP contribution in [0.3, 0.4) is 0 Å². The fraction of sp³-hybridized carbons (Fsp3) is 0.462. The van der Waals surface area contributed by atoms with E-state index in [9.17, 15) is 9.59 Å². The van der Waals surface area contributed by atoms with Gasteiger partial charge >= 0.3 is 0 Å². The van der Waals surface area contributed by atoms with E-state index in [1.807, 2.05) is 44.2 Å². The molecule has 2 aromatic rings. The first-order valence-corrected chi connectivity index (χ1v) is 11.8. The smallest absolute Gasteiger partial charge is 0.261 e. The number of hydrogen-bond donors (Lipinski definition) is 1. The van der Waals surface area contributed by atoms with Gasteiger partial charge in [0.05, 0.1) is 0 Å². The third-order valence-corrected chi connectivity index (χ3v) is 6.54. The van der Waals surface area contributed by atoms with Gasteiger partial charge in [-0.05, 0) is 68.5 Å². The van der Waals surface area contributed by atoms with Crippen molar-refractivity contribution in [1.29, 1.82) is 0 Å². The molecular weight excluding hydrogens is 424 g/mol. The van der Waals surface area contributed by atoms with Crippen LogP contribution in [0.25, 0.3) is 0 Å². The van der Waals surface area contributed by atoms with E-state index < -0.39 is 6.04 Å². The summed E-state index contributed by atoms with van der Waals surface area (Å²) in [5.74, 6) is 0.335. The molecule has 32 heavy (non-hydrogen) atoms. The molecule has 0 bridgehead atoms. The van der Waals surface area contributed by atoms with Crippen LogP contribution in [0.5, 0.6) is 5.75 Å². The van der Waals surface area contributed by atoms with Crippen LogP contribution in [-0.2, 0) is 16.1 Å². The molecule has 1 saturated carbocycles. The van der Waals surface area contributed by atoms with Crippen molar-refractivity contribution in [2.45, 2.75) is 71.5 Å². The Bertz CT molecular complexity index is 923. The third-order valence-electron chi connectivity index (χ3n) is 6.29. The van der Waals surface area contributed by atoms with Gasteiger partial charge in [-0.2, -0.15) is 0 Å². The number of carbonyl (C=O) groups excluding carboxylic acids is 2. The van der Waals surface area contributed by atoms with Gasteiger partial charge in [0.2, 0.25) is 5.91 Å². The summed E-state index contributed by atoms with van der Waals surface area (Å²) in [5, 5.41) is 3.78. The van der Waals surface area contributed by atoms with E-state index in [0.717, 1.165) is 42.4 Å². The van der Waals surface area contributed by atoms with Gasteiger partial charge in [-0.15, -0.1) is 0 Å². The van der Waals surface area contributed by atoms with Crippen LogP contribution in [0.2, 0.25) is 5.02 Å². The van der Waals surface area contributed by atoms with Gasteiger partial charge in [-0.3, -0.25) is 9.59 Å². The molecule has 0 saturated heterocycles. The van der Waals surface area contributed by atoms with Crippen LogP contribution in [0.15, 0.2) is 42.5 Å². The highest BCUT2D eigenvalue weighted by molar-refractivity contribution is 6.30. The average Bonchev–Trinajstić information content (AvgIpc) is 2.79. The van der Waals surface area contributed by atoms with Crippen molar-refractivity contribution < 1.29 is 14.3 Å². The molecule has 0 aromatic heterocycles. The van der Waals surface area contributed by atoms with E-state index in [0.29, 0.717) is 17.3 Å². The molecule has 0 unspecified atom stereocenters. The second kappa shape index (κ2) is 11.4. The van der Waals surface area contributed by atoms with Gasteiger partial charge < -0.3 is 15.0 Å². The number of ether oxygens (including phenoxy) is 1. The first-order chi connectivity index (χ1) is 15.3. The fourth-order valence-corrected chi connectivity index (χ4v) is 4.17. The minimum absolute atomic E-state index is 0.119. The molecule has 1 aliphatic rings. The van der Waals surface area contributed by atoms with Crippen LogP contribution < -0.4 is 10.1 Å². The first-order valence-electron chi connectivity index (χ1n) is 11.4. The Kier molecular flexibility index (Phi) is 8.57. The lowest BCUT2D eigenvalue weighted by atomic mass is 9.95. The standard InChI is InChI=1S/C26H33ClN2O3/c1-18-8-7-11-24(19(18)2)32-17-25(30)29(16-21-12-14-22(27)15-13-21)20(3)26(31)28-23-9-5-4-6-10-23/h7-8,11-15,20,23H,4-6,9-10,16-17H2,1-3H3,(H,28,31)/t20-/m0/s1. The summed E-state index contributed by atoms with van der Waals surface area (Å²) in [6.45, 7) is 5.95. The Labute approximate surface area is 196 Å². The molecule has 0 heterocycles. The normalized spacial score (nSPS) is 15.1. The van der Waals surface area contributed by atoms with Crippen LogP contribution >= 0.6 is 11.6 Å². The second-order valence-corrected chi connectivity index (χ2v) is 9.09. The van der Waals surface area contributed by atoms with Crippen molar-refractivity contribution in [2.75, 3.05) is 6.61 Å². The van der Waals surface area contributed by atoms with Gasteiger partial charge in [0.15, 0.2) is 6.61 Å². The van der Waals surface area contributed by atoms with Gasteiger partial charge in [-0.1, -0.05) is 55.1 Å². The van der Waals surface area contributed by atoms with Crippen molar-refractivity contribution in [3.8, 4) is 5.75 Å². The summed E-state index contributed by atoms with van der Waals surface area (Å²) in [6, 6.07) is 12.7. The molecule has 5 nitrogen and oxygen atoms in total. The molecule has 0 radical (unpaired) electrons. The number of nitrogens with zero attached hydrogens (tertiary/aromatic N) is 1. The highest BCUT2D eigenvalue weighted by Gasteiger charge is 2.28. The molecule has 172 valence electrons. The van der Waals surface area contributed by atoms with E-state index in [2.05, 4.69) is 5.32 Å². The minimum atomic E-state index is -0.609. The first kappa shape index (κ1) is 24.1. The number of halogens is 1. The molecule has 0 aliphatic heterocycles. The van der Waals surface area contributed by atoms with Crippen molar-refractivity contribution >= 4 is 23.4 Å². The van der Waals surface area contributed by atoms with Gasteiger partial charge in [0, 0.05) is 17.6 Å². The maximum atomic E-state index is 13.2. The number of amides is 2. The Morgan fingerprint density at radius 3 is 2.47 bits per heavy atom. The number of nitrogens with one attached hydrogen (secondary N) is 1.